The van der Waals surface area contributed by atoms with E-state index in [1.54, 1.807) is 0 Å². The van der Waals surface area contributed by atoms with E-state index in [0.29, 0.717) is 17.3 Å². The quantitative estimate of drug-likeness (QED) is 0.186. The molecule has 0 saturated heterocycles. The lowest BCUT2D eigenvalue weighted by Gasteiger charge is -2.37. The minimum Gasteiger partial charge on any atom is -0.313 e. The van der Waals surface area contributed by atoms with Crippen LogP contribution in [0.2, 0.25) is 0 Å². The maximum Gasteiger partial charge on any atom is 0.160 e. The van der Waals surface area contributed by atoms with Gasteiger partial charge in [-0.3, -0.25) is 0 Å². The Hall–Kier alpha value is -6.57. The van der Waals surface area contributed by atoms with E-state index < -0.39 is 0 Å². The number of allylic oxidation sites excluding steroid dienone is 1. The molecule has 8 aromatic rings. The zero-order valence-electron chi connectivity index (χ0n) is 29.9. The molecule has 0 aliphatic heterocycles. The molecule has 252 valence electrons. The van der Waals surface area contributed by atoms with Crippen LogP contribution in [0.1, 0.15) is 54.6 Å². The van der Waals surface area contributed by atoms with Crippen molar-refractivity contribution in [2.75, 3.05) is 0 Å². The number of nitrogens with zero attached hydrogens (tertiary/aromatic N) is 4. The molecule has 0 fully saturated rings. The highest BCUT2D eigenvalue weighted by Crippen LogP contribution is 2.59. The predicted octanol–water partition coefficient (Wildman–Crippen LogP) is 12.0. The van der Waals surface area contributed by atoms with Crippen LogP contribution in [-0.2, 0) is 5.41 Å². The number of benzene rings is 6. The van der Waals surface area contributed by atoms with Crippen LogP contribution in [0.4, 0.5) is 0 Å². The van der Waals surface area contributed by atoms with Crippen LogP contribution < -0.4 is 0 Å². The van der Waals surface area contributed by atoms with Crippen molar-refractivity contribution in [1.82, 2.24) is 14.5 Å². The second-order valence-electron chi connectivity index (χ2n) is 15.0. The van der Waals surface area contributed by atoms with Crippen LogP contribution in [0.3, 0.4) is 0 Å². The van der Waals surface area contributed by atoms with Gasteiger partial charge in [0.25, 0.3) is 0 Å². The van der Waals surface area contributed by atoms with Gasteiger partial charge in [-0.15, -0.1) is 0 Å². The summed E-state index contributed by atoms with van der Waals surface area (Å²) in [5.74, 6) is 1.24. The van der Waals surface area contributed by atoms with E-state index in [0.717, 1.165) is 44.5 Å². The molecular weight excluding hydrogens is 645 g/mol. The molecule has 6 aromatic carbocycles. The van der Waals surface area contributed by atoms with Gasteiger partial charge < -0.3 is 4.57 Å². The van der Waals surface area contributed by atoms with Crippen LogP contribution in [0.25, 0.3) is 72.9 Å². The van der Waals surface area contributed by atoms with E-state index in [2.05, 4.69) is 141 Å². The van der Waals surface area contributed by atoms with Crippen molar-refractivity contribution in [2.45, 2.75) is 32.1 Å². The van der Waals surface area contributed by atoms with Crippen molar-refractivity contribution >= 4 is 33.5 Å². The number of nitriles is 1. The Morgan fingerprint density at radius 1 is 0.660 bits per heavy atom. The highest BCUT2D eigenvalue weighted by Gasteiger charge is 2.48. The van der Waals surface area contributed by atoms with E-state index in [-0.39, 0.29) is 11.3 Å². The second-order valence-corrected chi connectivity index (χ2v) is 15.0. The third-order valence-electron chi connectivity index (χ3n) is 11.7. The maximum absolute atomic E-state index is 9.59. The molecule has 2 aliphatic rings. The highest BCUT2D eigenvalue weighted by molar-refractivity contribution is 6.02. The van der Waals surface area contributed by atoms with Crippen molar-refractivity contribution in [1.29, 1.82) is 5.26 Å². The number of para-hydroxylation sites is 2. The Kier molecular flexibility index (Phi) is 6.90. The van der Waals surface area contributed by atoms with Crippen molar-refractivity contribution in [3.63, 3.8) is 0 Å². The second kappa shape index (κ2) is 11.7. The lowest BCUT2D eigenvalue weighted by Crippen LogP contribution is -2.30. The Bertz CT molecular complexity index is 2830. The summed E-state index contributed by atoms with van der Waals surface area (Å²) in [4.78, 5) is 10.5. The minimum atomic E-state index is -0.0247. The molecule has 2 aromatic heterocycles. The van der Waals surface area contributed by atoms with Crippen LogP contribution in [0.5, 0.6) is 0 Å². The van der Waals surface area contributed by atoms with Crippen LogP contribution in [0, 0.1) is 17.2 Å². The van der Waals surface area contributed by atoms with E-state index in [1.165, 1.54) is 38.9 Å². The van der Waals surface area contributed by atoms with E-state index in [4.69, 9.17) is 9.97 Å². The summed E-state index contributed by atoms with van der Waals surface area (Å²) in [7, 11) is 0. The number of fused-ring (bicyclic) bond motifs is 7. The lowest BCUT2D eigenvalue weighted by molar-refractivity contribution is 0.359. The van der Waals surface area contributed by atoms with E-state index >= 15 is 0 Å². The maximum atomic E-state index is 9.59. The molecule has 2 atom stereocenters. The van der Waals surface area contributed by atoms with Gasteiger partial charge in [-0.1, -0.05) is 124 Å². The Morgan fingerprint density at radius 2 is 1.36 bits per heavy atom. The molecule has 10 rings (SSSR count). The molecule has 53 heavy (non-hydrogen) atoms. The topological polar surface area (TPSA) is 54.5 Å². The Labute approximate surface area is 309 Å². The van der Waals surface area contributed by atoms with E-state index in [1.807, 2.05) is 42.5 Å². The fourth-order valence-electron chi connectivity index (χ4n) is 9.35. The van der Waals surface area contributed by atoms with Crippen molar-refractivity contribution in [3.8, 4) is 45.5 Å². The third-order valence-corrected chi connectivity index (χ3v) is 11.7. The normalized spacial score (nSPS) is 16.8. The number of aromatic nitrogens is 3. The molecule has 0 amide bonds. The van der Waals surface area contributed by atoms with Crippen molar-refractivity contribution < 1.29 is 0 Å². The predicted molar refractivity (Wildman–Crippen MR) is 217 cm³/mol. The number of hydrogen-bond acceptors (Lipinski definition) is 3. The first-order valence-corrected chi connectivity index (χ1v) is 18.3. The summed E-state index contributed by atoms with van der Waals surface area (Å²) in [6, 6.07) is 53.3. The van der Waals surface area contributed by atoms with Gasteiger partial charge in [0.05, 0.1) is 28.4 Å². The molecule has 0 bridgehead atoms. The summed E-state index contributed by atoms with van der Waals surface area (Å²) in [6.07, 6.45) is 2.48. The van der Waals surface area contributed by atoms with Crippen LogP contribution in [-0.4, -0.2) is 14.5 Å². The zero-order valence-corrected chi connectivity index (χ0v) is 29.9. The van der Waals surface area contributed by atoms with E-state index in [9.17, 15) is 5.26 Å². The fraction of sp³-hybridized carbons (Fsp3) is 0.122. The standard InChI is InChI=1S/C49H36N4/c1-30-45-40(37-15-7-10-18-42(37)49(45,2)3)28-41-38-16-9-12-20-44(38)53(47(30)41)36-26-34(32-23-21-31(29-50)22-24-32)25-35(27-36)48-51-43-19-11-8-17-39(43)46(52-48)33-13-5-4-6-14-33/h4-28,30,45H,1-3H3. The summed E-state index contributed by atoms with van der Waals surface area (Å²) in [5.41, 5.74) is 15.6. The molecule has 2 heterocycles. The molecular formula is C49H36N4. The largest absolute Gasteiger partial charge is 0.313 e. The van der Waals surface area contributed by atoms with Crippen molar-refractivity contribution in [2.24, 2.45) is 5.92 Å². The molecule has 0 N–H and O–H groups in total. The average molecular weight is 681 g/mol. The summed E-state index contributed by atoms with van der Waals surface area (Å²) in [5, 5.41) is 11.9. The monoisotopic (exact) mass is 680 g/mol. The summed E-state index contributed by atoms with van der Waals surface area (Å²) < 4.78 is 2.50. The van der Waals surface area contributed by atoms with Gasteiger partial charge in [-0.2, -0.15) is 5.26 Å². The SMILES string of the molecule is CC1c2c(c3ccccc3n2-c2cc(-c3ccc(C#N)cc3)cc(-c3nc(-c4ccccc4)c4ccccc4n3)c2)C=C2c3ccccc3C(C)(C)C21. The fourth-order valence-corrected chi connectivity index (χ4v) is 9.35. The van der Waals surface area contributed by atoms with Gasteiger partial charge >= 0.3 is 0 Å². The van der Waals surface area contributed by atoms with Crippen LogP contribution in [0.15, 0.2) is 146 Å². The molecule has 0 radical (unpaired) electrons. The van der Waals surface area contributed by atoms with Gasteiger partial charge in [0.2, 0.25) is 0 Å². The van der Waals surface area contributed by atoms with Gasteiger partial charge in [-0.05, 0) is 81.8 Å². The van der Waals surface area contributed by atoms with Crippen LogP contribution >= 0.6 is 0 Å². The highest BCUT2D eigenvalue weighted by atomic mass is 15.0. The minimum absolute atomic E-state index is 0.0247. The molecule has 4 heteroatoms. The first-order valence-electron chi connectivity index (χ1n) is 18.3. The first kappa shape index (κ1) is 31.2. The van der Waals surface area contributed by atoms with Gasteiger partial charge in [0.15, 0.2) is 5.82 Å². The molecule has 0 spiro atoms. The Morgan fingerprint density at radius 3 is 2.17 bits per heavy atom. The number of hydrogen-bond donors (Lipinski definition) is 0. The van der Waals surface area contributed by atoms with Gasteiger partial charge in [0.1, 0.15) is 0 Å². The Balaban J connectivity index is 1.25. The average Bonchev–Trinajstić information content (AvgIpc) is 3.67. The zero-order chi connectivity index (χ0) is 35.8. The molecule has 2 unspecified atom stereocenters. The molecule has 0 saturated carbocycles. The lowest BCUT2D eigenvalue weighted by atomic mass is 9.68. The first-order chi connectivity index (χ1) is 25.9. The smallest absolute Gasteiger partial charge is 0.160 e. The van der Waals surface area contributed by atoms with Gasteiger partial charge in [0, 0.05) is 50.7 Å². The summed E-state index contributed by atoms with van der Waals surface area (Å²) in [6.45, 7) is 7.25. The summed E-state index contributed by atoms with van der Waals surface area (Å²) >= 11 is 0. The third kappa shape index (κ3) is 4.74. The molecule has 2 aliphatic carbocycles. The number of rotatable bonds is 4. The molecule has 4 nitrogen and oxygen atoms in total. The van der Waals surface area contributed by atoms with Gasteiger partial charge in [-0.25, -0.2) is 9.97 Å². The van der Waals surface area contributed by atoms with Crippen molar-refractivity contribution in [3.05, 3.63) is 174 Å².